The number of piperidine rings is 1. The minimum Gasteiger partial charge on any atom is -0.393 e. The Hall–Kier alpha value is -3.76. The molecule has 3 aromatic heterocycles. The summed E-state index contributed by atoms with van der Waals surface area (Å²) in [5.41, 5.74) is 10.1. The molecule has 0 unspecified atom stereocenters. The van der Waals surface area contributed by atoms with E-state index >= 15 is 0 Å². The highest BCUT2D eigenvalue weighted by atomic mass is 16.3. The van der Waals surface area contributed by atoms with E-state index in [9.17, 15) is 15.0 Å². The van der Waals surface area contributed by atoms with Crippen molar-refractivity contribution in [2.24, 2.45) is 0 Å². The molecular formula is C28H33N7O3. The fourth-order valence-electron chi connectivity index (χ4n) is 5.89. The van der Waals surface area contributed by atoms with Gasteiger partial charge in [0.15, 0.2) is 5.82 Å². The van der Waals surface area contributed by atoms with Gasteiger partial charge in [-0.05, 0) is 49.9 Å². The Morgan fingerprint density at radius 1 is 1.05 bits per heavy atom. The van der Waals surface area contributed by atoms with E-state index in [1.807, 2.05) is 30.5 Å². The summed E-state index contributed by atoms with van der Waals surface area (Å²) >= 11 is 0. The van der Waals surface area contributed by atoms with E-state index in [4.69, 9.17) is 5.73 Å². The van der Waals surface area contributed by atoms with Gasteiger partial charge in [-0.25, -0.2) is 9.50 Å². The number of nitrogen functional groups attached to an aromatic ring is 1. The number of aliphatic hydroxyl groups excluding tert-OH is 1. The average Bonchev–Trinajstić information content (AvgIpc) is 3.60. The van der Waals surface area contributed by atoms with Crippen LogP contribution in [0.3, 0.4) is 0 Å². The van der Waals surface area contributed by atoms with Crippen molar-refractivity contribution in [1.29, 1.82) is 0 Å². The molecular weight excluding hydrogens is 482 g/mol. The molecule has 4 heterocycles. The first-order valence-electron chi connectivity index (χ1n) is 13.4. The molecule has 0 bridgehead atoms. The van der Waals surface area contributed by atoms with Crippen LogP contribution in [0, 0.1) is 0 Å². The average molecular weight is 516 g/mol. The predicted octanol–water partition coefficient (Wildman–Crippen LogP) is 3.31. The minimum atomic E-state index is -1.11. The van der Waals surface area contributed by atoms with Gasteiger partial charge in [0.1, 0.15) is 11.8 Å². The molecule has 0 atom stereocenters. The molecule has 0 radical (unpaired) electrons. The lowest BCUT2D eigenvalue weighted by Gasteiger charge is -2.37. The summed E-state index contributed by atoms with van der Waals surface area (Å²) in [7, 11) is 0. The van der Waals surface area contributed by atoms with Gasteiger partial charge in [0, 0.05) is 36.0 Å². The third-order valence-electron chi connectivity index (χ3n) is 8.13. The number of hydrogen-bond acceptors (Lipinski definition) is 7. The summed E-state index contributed by atoms with van der Waals surface area (Å²) in [4.78, 5) is 19.3. The van der Waals surface area contributed by atoms with Crippen molar-refractivity contribution in [1.82, 2.24) is 29.3 Å². The Morgan fingerprint density at radius 3 is 2.61 bits per heavy atom. The van der Waals surface area contributed by atoms with E-state index in [2.05, 4.69) is 25.9 Å². The summed E-state index contributed by atoms with van der Waals surface area (Å²) in [6.07, 6.45) is 9.87. The molecule has 198 valence electrons. The predicted molar refractivity (Wildman–Crippen MR) is 143 cm³/mol. The summed E-state index contributed by atoms with van der Waals surface area (Å²) in [5.74, 6) is 0.284. The number of aromatic nitrogens is 5. The zero-order valence-corrected chi connectivity index (χ0v) is 21.3. The van der Waals surface area contributed by atoms with Crippen LogP contribution in [0.25, 0.3) is 28.0 Å². The fourth-order valence-corrected chi connectivity index (χ4v) is 5.89. The summed E-state index contributed by atoms with van der Waals surface area (Å²) in [6.45, 7) is 0.499. The molecule has 1 aliphatic carbocycles. The second-order valence-corrected chi connectivity index (χ2v) is 10.6. The van der Waals surface area contributed by atoms with Crippen LogP contribution >= 0.6 is 0 Å². The maximum absolute atomic E-state index is 13.3. The van der Waals surface area contributed by atoms with Gasteiger partial charge in [-0.15, -0.1) is 0 Å². The number of aliphatic hydroxyl groups is 2. The summed E-state index contributed by atoms with van der Waals surface area (Å²) < 4.78 is 3.91. The third kappa shape index (κ3) is 4.33. The van der Waals surface area contributed by atoms with Crippen LogP contribution in [-0.2, 0) is 0 Å². The number of hydrogen-bond donors (Lipinski definition) is 3. The molecule has 0 spiro atoms. The van der Waals surface area contributed by atoms with E-state index in [0.717, 1.165) is 40.9 Å². The number of benzene rings is 1. The van der Waals surface area contributed by atoms with Crippen LogP contribution in [0.2, 0.25) is 0 Å². The monoisotopic (exact) mass is 515 g/mol. The van der Waals surface area contributed by atoms with Crippen molar-refractivity contribution in [2.45, 2.75) is 56.6 Å². The highest BCUT2D eigenvalue weighted by Crippen LogP contribution is 2.38. The van der Waals surface area contributed by atoms with Crippen molar-refractivity contribution in [3.8, 4) is 22.5 Å². The van der Waals surface area contributed by atoms with Crippen molar-refractivity contribution in [2.75, 3.05) is 25.4 Å². The Kier molecular flexibility index (Phi) is 6.37. The largest absolute Gasteiger partial charge is 0.393 e. The topological polar surface area (TPSA) is 135 Å². The Balaban J connectivity index is 1.38. The second-order valence-electron chi connectivity index (χ2n) is 10.6. The number of fused-ring (bicyclic) bond motifs is 1. The molecule has 4 aromatic rings. The van der Waals surface area contributed by atoms with Gasteiger partial charge in [-0.2, -0.15) is 10.2 Å². The first-order chi connectivity index (χ1) is 18.5. The molecule has 1 saturated carbocycles. The smallest absolute Gasteiger partial charge is 0.253 e. The number of nitrogens with zero attached hydrogens (tertiary/aromatic N) is 6. The van der Waals surface area contributed by atoms with E-state index in [-0.39, 0.29) is 12.5 Å². The molecule has 1 aliphatic heterocycles. The van der Waals surface area contributed by atoms with Gasteiger partial charge in [0.2, 0.25) is 0 Å². The standard InChI is InChI=1S/C28H33N7O3/c29-26-25-22(23-9-12-31-34(23)21-7-2-1-3-8-21)16-24(35(25)32-18-30-26)19-5-4-6-20(15-19)27(37)33-13-10-28(38,17-36)11-14-33/h4-6,9,12,15-16,18,21,36,38H,1-3,7-8,10-11,13-14,17H2,(H2,29,30,32). The molecule has 2 aliphatic rings. The number of likely N-dealkylation sites (tertiary alicyclic amines) is 1. The lowest BCUT2D eigenvalue weighted by Crippen LogP contribution is -2.48. The molecule has 1 saturated heterocycles. The van der Waals surface area contributed by atoms with E-state index in [0.29, 0.717) is 43.4 Å². The van der Waals surface area contributed by atoms with Gasteiger partial charge in [0.25, 0.3) is 5.91 Å². The maximum Gasteiger partial charge on any atom is 0.253 e. The summed E-state index contributed by atoms with van der Waals surface area (Å²) in [5, 5.41) is 29.0. The SMILES string of the molecule is Nc1ncnn2c(-c3cccc(C(=O)N4CCC(O)(CO)CC4)c3)cc(-c3ccnn3C3CCCCC3)c12. The number of nitrogens with two attached hydrogens (primary N) is 1. The van der Waals surface area contributed by atoms with Crippen LogP contribution < -0.4 is 5.73 Å². The minimum absolute atomic E-state index is 0.0996. The molecule has 10 heteroatoms. The highest BCUT2D eigenvalue weighted by molar-refractivity contribution is 5.96. The van der Waals surface area contributed by atoms with E-state index < -0.39 is 5.60 Å². The number of carbonyl (C=O) groups excluding carboxylic acids is 1. The van der Waals surface area contributed by atoms with Gasteiger partial charge < -0.3 is 20.8 Å². The van der Waals surface area contributed by atoms with Crippen LogP contribution in [0.15, 0.2) is 48.9 Å². The number of amides is 1. The van der Waals surface area contributed by atoms with Gasteiger partial charge >= 0.3 is 0 Å². The highest BCUT2D eigenvalue weighted by Gasteiger charge is 2.33. The van der Waals surface area contributed by atoms with E-state index in [1.165, 1.54) is 25.6 Å². The van der Waals surface area contributed by atoms with Crippen LogP contribution in [0.4, 0.5) is 5.82 Å². The van der Waals surface area contributed by atoms with Gasteiger partial charge in [-0.1, -0.05) is 31.4 Å². The Bertz CT molecular complexity index is 1460. The van der Waals surface area contributed by atoms with Gasteiger partial charge in [0.05, 0.1) is 29.6 Å². The normalized spacial score (nSPS) is 18.2. The van der Waals surface area contributed by atoms with Crippen LogP contribution in [0.1, 0.15) is 61.3 Å². The number of anilines is 1. The molecule has 2 fully saturated rings. The first kappa shape index (κ1) is 24.6. The Labute approximate surface area is 220 Å². The first-order valence-corrected chi connectivity index (χ1v) is 13.4. The molecule has 4 N–H and O–H groups in total. The Morgan fingerprint density at radius 2 is 1.84 bits per heavy atom. The maximum atomic E-state index is 13.3. The van der Waals surface area contributed by atoms with Crippen molar-refractivity contribution in [3.63, 3.8) is 0 Å². The quantitative estimate of drug-likeness (QED) is 0.371. The second kappa shape index (κ2) is 9.85. The number of rotatable bonds is 5. The molecule has 10 nitrogen and oxygen atoms in total. The van der Waals surface area contributed by atoms with Gasteiger partial charge in [-0.3, -0.25) is 9.48 Å². The molecule has 38 heavy (non-hydrogen) atoms. The zero-order chi connectivity index (χ0) is 26.3. The molecule has 1 aromatic carbocycles. The van der Waals surface area contributed by atoms with Crippen LogP contribution in [-0.4, -0.2) is 70.7 Å². The van der Waals surface area contributed by atoms with Crippen molar-refractivity contribution >= 4 is 17.2 Å². The lowest BCUT2D eigenvalue weighted by molar-refractivity contribution is -0.0546. The summed E-state index contributed by atoms with van der Waals surface area (Å²) in [6, 6.07) is 11.9. The van der Waals surface area contributed by atoms with Crippen LogP contribution in [0.5, 0.6) is 0 Å². The third-order valence-corrected chi connectivity index (χ3v) is 8.13. The molecule has 1 amide bonds. The van der Waals surface area contributed by atoms with E-state index in [1.54, 1.807) is 15.5 Å². The lowest BCUT2D eigenvalue weighted by atomic mass is 9.92. The zero-order valence-electron chi connectivity index (χ0n) is 21.3. The molecule has 6 rings (SSSR count). The fraction of sp³-hybridized carbons (Fsp3) is 0.429. The van der Waals surface area contributed by atoms with Crippen molar-refractivity contribution in [3.05, 3.63) is 54.5 Å². The van der Waals surface area contributed by atoms with Crippen molar-refractivity contribution < 1.29 is 15.0 Å². The number of carbonyl (C=O) groups is 1.